The van der Waals surface area contributed by atoms with Gasteiger partial charge < -0.3 is 9.84 Å². The van der Waals surface area contributed by atoms with Crippen LogP contribution in [0.25, 0.3) is 0 Å². The molecule has 18 heavy (non-hydrogen) atoms. The standard InChI is InChI=1S/C11H16ClNO4S/c1-8-10(12)4-3-5-11(8)18(15,16)13-9(6-14)7-17-2/h3-5,9,13-14H,6-7H2,1-2H3. The molecule has 1 aromatic rings. The molecule has 7 heteroatoms. The Hall–Kier alpha value is -0.660. The second kappa shape index (κ2) is 6.49. The molecule has 0 aliphatic carbocycles. The van der Waals surface area contributed by atoms with Gasteiger partial charge in [0.25, 0.3) is 0 Å². The summed E-state index contributed by atoms with van der Waals surface area (Å²) in [5, 5.41) is 9.44. The number of hydrogen-bond donors (Lipinski definition) is 2. The van der Waals surface area contributed by atoms with E-state index in [1.54, 1.807) is 19.1 Å². The summed E-state index contributed by atoms with van der Waals surface area (Å²) in [6.07, 6.45) is 0. The Morgan fingerprint density at radius 3 is 2.72 bits per heavy atom. The van der Waals surface area contributed by atoms with Crippen LogP contribution in [0.5, 0.6) is 0 Å². The van der Waals surface area contributed by atoms with Crippen LogP contribution < -0.4 is 4.72 Å². The van der Waals surface area contributed by atoms with E-state index in [-0.39, 0.29) is 18.1 Å². The monoisotopic (exact) mass is 293 g/mol. The summed E-state index contributed by atoms with van der Waals surface area (Å²) in [4.78, 5) is 0.101. The fourth-order valence-electron chi connectivity index (χ4n) is 1.49. The highest BCUT2D eigenvalue weighted by atomic mass is 35.5. The highest BCUT2D eigenvalue weighted by Gasteiger charge is 2.22. The Labute approximate surface area is 112 Å². The number of aliphatic hydroxyl groups is 1. The number of benzene rings is 1. The van der Waals surface area contributed by atoms with Crippen molar-refractivity contribution in [3.63, 3.8) is 0 Å². The van der Waals surface area contributed by atoms with Gasteiger partial charge in [-0.05, 0) is 24.6 Å². The Morgan fingerprint density at radius 1 is 1.50 bits per heavy atom. The van der Waals surface area contributed by atoms with Crippen LogP contribution in [0.4, 0.5) is 0 Å². The largest absolute Gasteiger partial charge is 0.395 e. The predicted molar refractivity (Wildman–Crippen MR) is 69.3 cm³/mol. The first kappa shape index (κ1) is 15.4. The SMILES string of the molecule is COCC(CO)NS(=O)(=O)c1cccc(Cl)c1C. The van der Waals surface area contributed by atoms with Crippen molar-refractivity contribution in [3.8, 4) is 0 Å². The van der Waals surface area contributed by atoms with E-state index in [2.05, 4.69) is 4.72 Å². The molecule has 1 unspecified atom stereocenters. The number of sulfonamides is 1. The molecule has 1 aromatic carbocycles. The van der Waals surface area contributed by atoms with Crippen LogP contribution in [-0.4, -0.2) is 39.9 Å². The summed E-state index contributed by atoms with van der Waals surface area (Å²) in [6, 6.07) is 3.96. The van der Waals surface area contributed by atoms with E-state index in [0.717, 1.165) is 0 Å². The van der Waals surface area contributed by atoms with Gasteiger partial charge in [-0.2, -0.15) is 0 Å². The molecule has 2 N–H and O–H groups in total. The molecule has 0 aliphatic heterocycles. The molecule has 102 valence electrons. The summed E-state index contributed by atoms with van der Waals surface area (Å²) in [5.41, 5.74) is 0.473. The van der Waals surface area contributed by atoms with Gasteiger partial charge in [-0.1, -0.05) is 17.7 Å². The number of nitrogens with one attached hydrogen (secondary N) is 1. The zero-order valence-electron chi connectivity index (χ0n) is 10.2. The molecule has 0 saturated carbocycles. The van der Waals surface area contributed by atoms with Crippen molar-refractivity contribution in [2.45, 2.75) is 17.9 Å². The average molecular weight is 294 g/mol. The fourth-order valence-corrected chi connectivity index (χ4v) is 3.20. The Morgan fingerprint density at radius 2 is 2.17 bits per heavy atom. The Kier molecular flexibility index (Phi) is 5.55. The minimum atomic E-state index is -3.72. The zero-order valence-corrected chi connectivity index (χ0v) is 11.8. The van der Waals surface area contributed by atoms with Crippen molar-refractivity contribution in [3.05, 3.63) is 28.8 Å². The maximum absolute atomic E-state index is 12.1. The molecular formula is C11H16ClNO4S. The Bertz CT molecular complexity index is 504. The summed E-state index contributed by atoms with van der Waals surface area (Å²) < 4.78 is 31.4. The van der Waals surface area contributed by atoms with Crippen molar-refractivity contribution < 1.29 is 18.3 Å². The van der Waals surface area contributed by atoms with Crippen LogP contribution in [0.15, 0.2) is 23.1 Å². The van der Waals surface area contributed by atoms with Gasteiger partial charge in [-0.3, -0.25) is 0 Å². The quantitative estimate of drug-likeness (QED) is 0.818. The number of ether oxygens (including phenoxy) is 1. The van der Waals surface area contributed by atoms with Gasteiger partial charge in [-0.15, -0.1) is 0 Å². The smallest absolute Gasteiger partial charge is 0.241 e. The summed E-state index contributed by atoms with van der Waals surface area (Å²) >= 11 is 5.89. The lowest BCUT2D eigenvalue weighted by molar-refractivity contribution is 0.139. The number of rotatable bonds is 6. The highest BCUT2D eigenvalue weighted by molar-refractivity contribution is 7.89. The molecule has 0 amide bonds. The van der Waals surface area contributed by atoms with Gasteiger partial charge in [0.2, 0.25) is 10.0 Å². The molecule has 0 saturated heterocycles. The van der Waals surface area contributed by atoms with Crippen LogP contribution in [0.1, 0.15) is 5.56 Å². The molecule has 0 heterocycles. The van der Waals surface area contributed by atoms with E-state index in [4.69, 9.17) is 21.4 Å². The summed E-state index contributed by atoms with van der Waals surface area (Å²) in [5.74, 6) is 0. The van der Waals surface area contributed by atoms with Crippen LogP contribution in [0.3, 0.4) is 0 Å². The fraction of sp³-hybridized carbons (Fsp3) is 0.455. The first-order valence-corrected chi connectivity index (χ1v) is 7.15. The first-order chi connectivity index (χ1) is 8.42. The molecule has 0 radical (unpaired) electrons. The third-order valence-electron chi connectivity index (χ3n) is 2.42. The maximum Gasteiger partial charge on any atom is 0.241 e. The highest BCUT2D eigenvalue weighted by Crippen LogP contribution is 2.22. The molecular weight excluding hydrogens is 278 g/mol. The van der Waals surface area contributed by atoms with Crippen LogP contribution in [0.2, 0.25) is 5.02 Å². The van der Waals surface area contributed by atoms with Crippen molar-refractivity contribution in [1.82, 2.24) is 4.72 Å². The van der Waals surface area contributed by atoms with E-state index in [9.17, 15) is 8.42 Å². The topological polar surface area (TPSA) is 75.6 Å². The van der Waals surface area contributed by atoms with E-state index in [1.165, 1.54) is 13.2 Å². The van der Waals surface area contributed by atoms with Crippen molar-refractivity contribution >= 4 is 21.6 Å². The van der Waals surface area contributed by atoms with Crippen LogP contribution in [-0.2, 0) is 14.8 Å². The molecule has 1 rings (SSSR count). The van der Waals surface area contributed by atoms with Gasteiger partial charge >= 0.3 is 0 Å². The number of hydrogen-bond acceptors (Lipinski definition) is 4. The van der Waals surface area contributed by atoms with E-state index in [0.29, 0.717) is 10.6 Å². The molecule has 0 spiro atoms. The third kappa shape index (κ3) is 3.66. The maximum atomic E-state index is 12.1. The number of halogens is 1. The number of aliphatic hydroxyl groups excluding tert-OH is 1. The lowest BCUT2D eigenvalue weighted by atomic mass is 10.2. The van der Waals surface area contributed by atoms with Gasteiger partial charge in [0.1, 0.15) is 0 Å². The van der Waals surface area contributed by atoms with Gasteiger partial charge in [0, 0.05) is 12.1 Å². The average Bonchev–Trinajstić information content (AvgIpc) is 2.31. The van der Waals surface area contributed by atoms with Gasteiger partial charge in [0.15, 0.2) is 0 Å². The number of methoxy groups -OCH3 is 1. The van der Waals surface area contributed by atoms with E-state index < -0.39 is 16.1 Å². The second-order valence-electron chi connectivity index (χ2n) is 3.82. The molecule has 0 aromatic heterocycles. The third-order valence-corrected chi connectivity index (χ3v) is 4.49. The summed E-state index contributed by atoms with van der Waals surface area (Å²) in [7, 11) is -2.29. The van der Waals surface area contributed by atoms with Crippen molar-refractivity contribution in [2.75, 3.05) is 20.3 Å². The normalized spacial score (nSPS) is 13.6. The van der Waals surface area contributed by atoms with Crippen LogP contribution in [0, 0.1) is 6.92 Å². The minimum Gasteiger partial charge on any atom is -0.395 e. The van der Waals surface area contributed by atoms with E-state index in [1.807, 2.05) is 0 Å². The molecule has 1 atom stereocenters. The summed E-state index contributed by atoms with van der Waals surface area (Å²) in [6.45, 7) is 1.38. The second-order valence-corrected chi connectivity index (χ2v) is 5.91. The van der Waals surface area contributed by atoms with E-state index >= 15 is 0 Å². The predicted octanol–water partition coefficient (Wildman–Crippen LogP) is 0.934. The molecule has 5 nitrogen and oxygen atoms in total. The molecule has 0 bridgehead atoms. The van der Waals surface area contributed by atoms with Crippen molar-refractivity contribution in [2.24, 2.45) is 0 Å². The molecule has 0 aliphatic rings. The molecule has 0 fully saturated rings. The lowest BCUT2D eigenvalue weighted by Gasteiger charge is -2.16. The zero-order chi connectivity index (χ0) is 13.8. The lowest BCUT2D eigenvalue weighted by Crippen LogP contribution is -2.40. The van der Waals surface area contributed by atoms with Crippen molar-refractivity contribution in [1.29, 1.82) is 0 Å². The van der Waals surface area contributed by atoms with Crippen LogP contribution >= 0.6 is 11.6 Å². The first-order valence-electron chi connectivity index (χ1n) is 5.29. The Balaban J connectivity index is 3.03. The minimum absolute atomic E-state index is 0.0926. The van der Waals surface area contributed by atoms with Gasteiger partial charge in [0.05, 0.1) is 24.2 Å². The van der Waals surface area contributed by atoms with Gasteiger partial charge in [-0.25, -0.2) is 13.1 Å².